The van der Waals surface area contributed by atoms with Crippen molar-refractivity contribution in [3.8, 4) is 0 Å². The number of likely N-dealkylation sites (tertiary alicyclic amines) is 1. The molecule has 1 N–H and O–H groups in total. The van der Waals surface area contributed by atoms with Crippen LogP contribution in [0.4, 0.5) is 10.5 Å². The molecule has 0 aliphatic carbocycles. The molecule has 232 valence electrons. The number of benzene rings is 2. The average molecular weight is 591 g/mol. The molecule has 9 nitrogen and oxygen atoms in total. The number of amides is 3. The zero-order chi connectivity index (χ0) is 30.0. The van der Waals surface area contributed by atoms with Crippen molar-refractivity contribution in [2.75, 3.05) is 57.8 Å². The van der Waals surface area contributed by atoms with E-state index in [0.717, 1.165) is 63.1 Å². The van der Waals surface area contributed by atoms with Crippen LogP contribution in [-0.2, 0) is 31.8 Å². The van der Waals surface area contributed by atoms with E-state index in [9.17, 15) is 9.59 Å². The van der Waals surface area contributed by atoms with Crippen molar-refractivity contribution in [2.24, 2.45) is 5.92 Å². The van der Waals surface area contributed by atoms with E-state index in [1.807, 2.05) is 58.3 Å². The first kappa shape index (κ1) is 30.9. The number of urea groups is 1. The molecule has 3 aliphatic rings. The number of nitrogens with zero attached hydrogens (tertiary/aromatic N) is 3. The number of hydrogen-bond donors (Lipinski definition) is 1. The summed E-state index contributed by atoms with van der Waals surface area (Å²) < 4.78 is 16.8. The number of carbonyl (C=O) groups excluding carboxylic acids is 2. The van der Waals surface area contributed by atoms with Gasteiger partial charge >= 0.3 is 6.03 Å². The number of rotatable bonds is 11. The summed E-state index contributed by atoms with van der Waals surface area (Å²) >= 11 is 0. The minimum atomic E-state index is -0.502. The van der Waals surface area contributed by atoms with E-state index in [2.05, 4.69) is 30.1 Å². The Kier molecular flexibility index (Phi) is 11.0. The van der Waals surface area contributed by atoms with Gasteiger partial charge in [0.1, 0.15) is 6.26 Å². The maximum absolute atomic E-state index is 12.9. The Morgan fingerprint density at radius 1 is 0.977 bits per heavy atom. The molecule has 0 radical (unpaired) electrons. The van der Waals surface area contributed by atoms with Crippen molar-refractivity contribution in [1.29, 1.82) is 0 Å². The largest absolute Gasteiger partial charge is 0.458 e. The molecule has 2 unspecified atom stereocenters. The van der Waals surface area contributed by atoms with Crippen LogP contribution in [0.1, 0.15) is 44.2 Å². The highest BCUT2D eigenvalue weighted by Gasteiger charge is 2.29. The fourth-order valence-corrected chi connectivity index (χ4v) is 6.15. The second-order valence-electron chi connectivity index (χ2n) is 11.9. The number of anilines is 1. The van der Waals surface area contributed by atoms with E-state index in [-0.39, 0.29) is 17.7 Å². The lowest BCUT2D eigenvalue weighted by Crippen LogP contribution is -2.51. The quantitative estimate of drug-likeness (QED) is 0.401. The van der Waals surface area contributed by atoms with Crippen LogP contribution in [0.3, 0.4) is 0 Å². The number of carbonyl (C=O) groups is 2. The van der Waals surface area contributed by atoms with Crippen molar-refractivity contribution in [3.05, 3.63) is 77.7 Å². The third-order valence-corrected chi connectivity index (χ3v) is 8.56. The van der Waals surface area contributed by atoms with Crippen LogP contribution in [-0.4, -0.2) is 91.5 Å². The summed E-state index contributed by atoms with van der Waals surface area (Å²) in [6.07, 6.45) is 5.53. The molecule has 3 aliphatic heterocycles. The van der Waals surface area contributed by atoms with E-state index < -0.39 is 6.29 Å². The van der Waals surface area contributed by atoms with Crippen molar-refractivity contribution >= 4 is 17.6 Å². The molecule has 0 spiro atoms. The van der Waals surface area contributed by atoms with Crippen LogP contribution < -0.4 is 5.32 Å². The summed E-state index contributed by atoms with van der Waals surface area (Å²) in [5.41, 5.74) is 3.01. The first-order chi connectivity index (χ1) is 21.0. The Bertz CT molecular complexity index is 1220. The van der Waals surface area contributed by atoms with Gasteiger partial charge in [-0.2, -0.15) is 0 Å². The molecule has 2 saturated heterocycles. The fraction of sp³-hybridized carbons (Fsp3) is 0.529. The molecule has 2 fully saturated rings. The highest BCUT2D eigenvalue weighted by molar-refractivity contribution is 6.02. The van der Waals surface area contributed by atoms with E-state index in [1.165, 1.54) is 11.8 Å². The van der Waals surface area contributed by atoms with Gasteiger partial charge in [-0.1, -0.05) is 49.4 Å². The zero-order valence-corrected chi connectivity index (χ0v) is 25.6. The molecule has 43 heavy (non-hydrogen) atoms. The van der Waals surface area contributed by atoms with Gasteiger partial charge in [0, 0.05) is 50.9 Å². The lowest BCUT2D eigenvalue weighted by Gasteiger charge is -2.39. The normalized spacial score (nSPS) is 19.9. The Morgan fingerprint density at radius 2 is 1.70 bits per heavy atom. The van der Waals surface area contributed by atoms with Gasteiger partial charge in [-0.15, -0.1) is 0 Å². The zero-order valence-electron chi connectivity index (χ0n) is 25.6. The third kappa shape index (κ3) is 8.74. The lowest BCUT2D eigenvalue weighted by molar-refractivity contribution is -0.118. The highest BCUT2D eigenvalue weighted by atomic mass is 16.7. The van der Waals surface area contributed by atoms with Crippen LogP contribution >= 0.6 is 0 Å². The van der Waals surface area contributed by atoms with E-state index in [4.69, 9.17) is 14.2 Å². The SMILES string of the molecule is CCCN(CC1CCN(C(=O)N2CCOCC2)CC1)C(C)Cc1cccc(NC(=O)C2=COC(Cc3ccccc3)O2)c1. The molecule has 0 saturated carbocycles. The topological polar surface area (TPSA) is 83.6 Å². The molecular weight excluding hydrogens is 544 g/mol. The van der Waals surface area contributed by atoms with Gasteiger partial charge in [-0.05, 0) is 68.3 Å². The monoisotopic (exact) mass is 590 g/mol. The highest BCUT2D eigenvalue weighted by Crippen LogP contribution is 2.24. The molecule has 5 rings (SSSR count). The minimum Gasteiger partial charge on any atom is -0.458 e. The fourth-order valence-electron chi connectivity index (χ4n) is 6.15. The van der Waals surface area contributed by atoms with Crippen molar-refractivity contribution in [2.45, 2.75) is 58.3 Å². The first-order valence-electron chi connectivity index (χ1n) is 15.8. The van der Waals surface area contributed by atoms with Crippen LogP contribution in [0.25, 0.3) is 0 Å². The smallest absolute Gasteiger partial charge is 0.320 e. The first-order valence-corrected chi connectivity index (χ1v) is 15.8. The van der Waals surface area contributed by atoms with E-state index in [1.54, 1.807) is 0 Å². The lowest BCUT2D eigenvalue weighted by atomic mass is 9.95. The molecule has 2 aromatic carbocycles. The molecule has 0 bridgehead atoms. The summed E-state index contributed by atoms with van der Waals surface area (Å²) in [6, 6.07) is 18.5. The van der Waals surface area contributed by atoms with Gasteiger partial charge in [0.05, 0.1) is 13.2 Å². The Morgan fingerprint density at radius 3 is 2.44 bits per heavy atom. The minimum absolute atomic E-state index is 0.169. The predicted molar refractivity (Wildman–Crippen MR) is 166 cm³/mol. The standard InChI is InChI=1S/C34H46N4O5/c1-3-14-38(24-28-12-15-36(16-13-28)34(40)37-17-19-41-20-18-37)26(2)21-29-10-7-11-30(22-29)35-33(39)31-25-42-32(43-31)23-27-8-5-4-6-9-27/h4-11,22,25-26,28,32H,3,12-21,23-24H2,1-2H3,(H,35,39). The van der Waals surface area contributed by atoms with Crippen LogP contribution in [0, 0.1) is 5.92 Å². The van der Waals surface area contributed by atoms with Crippen molar-refractivity contribution in [1.82, 2.24) is 14.7 Å². The van der Waals surface area contributed by atoms with Gasteiger partial charge in [0.2, 0.25) is 12.0 Å². The van der Waals surface area contributed by atoms with Gasteiger partial charge in [-0.25, -0.2) is 4.79 Å². The van der Waals surface area contributed by atoms with Gasteiger partial charge in [0.25, 0.3) is 5.91 Å². The van der Waals surface area contributed by atoms with Crippen molar-refractivity contribution in [3.63, 3.8) is 0 Å². The van der Waals surface area contributed by atoms with Gasteiger partial charge in [0.15, 0.2) is 0 Å². The van der Waals surface area contributed by atoms with E-state index in [0.29, 0.717) is 44.7 Å². The van der Waals surface area contributed by atoms with Crippen LogP contribution in [0.2, 0.25) is 0 Å². The van der Waals surface area contributed by atoms with Crippen molar-refractivity contribution < 1.29 is 23.8 Å². The Labute approximate surface area is 255 Å². The number of nitrogens with one attached hydrogen (secondary N) is 1. The molecular formula is C34H46N4O5. The number of morpholine rings is 1. The summed E-state index contributed by atoms with van der Waals surface area (Å²) in [4.78, 5) is 32.3. The number of ether oxygens (including phenoxy) is 3. The van der Waals surface area contributed by atoms with Gasteiger partial charge in [-0.3, -0.25) is 4.79 Å². The third-order valence-electron chi connectivity index (χ3n) is 8.56. The summed E-state index contributed by atoms with van der Waals surface area (Å²) in [5.74, 6) is 0.458. The second kappa shape index (κ2) is 15.3. The summed E-state index contributed by atoms with van der Waals surface area (Å²) in [6.45, 7) is 10.9. The maximum atomic E-state index is 12.9. The number of piperidine rings is 1. The van der Waals surface area contributed by atoms with E-state index >= 15 is 0 Å². The molecule has 3 heterocycles. The molecule has 3 amide bonds. The Balaban J connectivity index is 1.09. The van der Waals surface area contributed by atoms with Crippen LogP contribution in [0.15, 0.2) is 66.6 Å². The van der Waals surface area contributed by atoms with Crippen LogP contribution in [0.5, 0.6) is 0 Å². The number of hydrogen-bond acceptors (Lipinski definition) is 6. The maximum Gasteiger partial charge on any atom is 0.320 e. The molecule has 0 aromatic heterocycles. The summed E-state index contributed by atoms with van der Waals surface area (Å²) in [5, 5.41) is 2.97. The average Bonchev–Trinajstić information content (AvgIpc) is 3.50. The summed E-state index contributed by atoms with van der Waals surface area (Å²) in [7, 11) is 0. The molecule has 9 heteroatoms. The molecule has 2 aromatic rings. The Hall–Kier alpha value is -3.56. The second-order valence-corrected chi connectivity index (χ2v) is 11.9. The molecule has 2 atom stereocenters. The predicted octanol–water partition coefficient (Wildman–Crippen LogP) is 4.89. The van der Waals surface area contributed by atoms with Gasteiger partial charge < -0.3 is 34.2 Å².